The van der Waals surface area contributed by atoms with Gasteiger partial charge in [0.25, 0.3) is 0 Å². The molecule has 0 unspecified atom stereocenters. The van der Waals surface area contributed by atoms with E-state index in [2.05, 4.69) is 5.32 Å². The van der Waals surface area contributed by atoms with Gasteiger partial charge in [-0.1, -0.05) is 29.8 Å². The molecule has 0 fully saturated rings. The largest absolute Gasteiger partial charge is 2.00 e. The van der Waals surface area contributed by atoms with E-state index in [-0.39, 0.29) is 30.4 Å². The second-order valence-corrected chi connectivity index (χ2v) is 2.47. The van der Waals surface area contributed by atoms with Crippen molar-refractivity contribution in [2.24, 2.45) is 0 Å². The van der Waals surface area contributed by atoms with Crippen LogP contribution in [0.2, 0.25) is 0 Å². The maximum atomic E-state index is 10.6. The van der Waals surface area contributed by atoms with Crippen molar-refractivity contribution in [1.29, 1.82) is 0 Å². The van der Waals surface area contributed by atoms with Crippen LogP contribution in [0.15, 0.2) is 24.3 Å². The molecule has 2 nitrogen and oxygen atoms in total. The molecule has 0 radical (unpaired) electrons. The second-order valence-electron chi connectivity index (χ2n) is 2.47. The van der Waals surface area contributed by atoms with Gasteiger partial charge in [-0.2, -0.15) is 0 Å². The summed E-state index contributed by atoms with van der Waals surface area (Å²) >= 11 is 0. The summed E-state index contributed by atoms with van der Waals surface area (Å²) in [6.45, 7) is 3.42. The van der Waals surface area contributed by atoms with E-state index < -0.39 is 0 Å². The number of rotatable bonds is 1. The Balaban J connectivity index is 0. The molecular formula is C9H11MgNO. The molecule has 0 aliphatic rings. The summed E-state index contributed by atoms with van der Waals surface area (Å²) in [7, 11) is 0. The number of amides is 1. The number of carbonyl (C=O) groups excluding carboxylic acids is 1. The van der Waals surface area contributed by atoms with E-state index in [0.717, 1.165) is 11.3 Å². The Morgan fingerprint density at radius 2 is 2.17 bits per heavy atom. The van der Waals surface area contributed by atoms with Crippen LogP contribution in [-0.4, -0.2) is 29.0 Å². The van der Waals surface area contributed by atoms with Crippen LogP contribution in [0.25, 0.3) is 5.32 Å². The molecule has 0 bridgehead atoms. The quantitative estimate of drug-likeness (QED) is 0.600. The zero-order chi connectivity index (χ0) is 8.27. The monoisotopic (exact) mass is 173 g/mol. The first-order chi connectivity index (χ1) is 5.18. The Hall–Kier alpha value is -0.544. The first-order valence-electron chi connectivity index (χ1n) is 3.47. The summed E-state index contributed by atoms with van der Waals surface area (Å²) in [4.78, 5) is 10.6. The molecule has 60 valence electrons. The Morgan fingerprint density at radius 1 is 1.50 bits per heavy atom. The third-order valence-electron chi connectivity index (χ3n) is 1.29. The van der Waals surface area contributed by atoms with Crippen molar-refractivity contribution in [2.45, 2.75) is 13.8 Å². The molecule has 0 aliphatic carbocycles. The maximum Gasteiger partial charge on any atom is 2.00 e. The molecule has 12 heavy (non-hydrogen) atoms. The fourth-order valence-corrected chi connectivity index (χ4v) is 0.879. The van der Waals surface area contributed by atoms with Gasteiger partial charge in [-0.3, -0.25) is 0 Å². The molecular weight excluding hydrogens is 162 g/mol. The number of aryl methyl sites for hydroxylation is 1. The molecule has 0 heterocycles. The molecule has 0 aromatic heterocycles. The molecule has 1 aromatic carbocycles. The number of carbonyl (C=O) groups is 1. The maximum absolute atomic E-state index is 10.6. The van der Waals surface area contributed by atoms with Crippen molar-refractivity contribution in [2.75, 3.05) is 0 Å². The Bertz CT molecular complexity index is 278. The van der Waals surface area contributed by atoms with Gasteiger partial charge in [-0.25, -0.2) is 0 Å². The summed E-state index contributed by atoms with van der Waals surface area (Å²) in [6.07, 6.45) is 0. The van der Waals surface area contributed by atoms with Crippen LogP contribution in [0.3, 0.4) is 0 Å². The Morgan fingerprint density at radius 3 is 2.67 bits per heavy atom. The number of hydrogen-bond acceptors (Lipinski definition) is 1. The average Bonchev–Trinajstić information content (AvgIpc) is 1.85. The van der Waals surface area contributed by atoms with Gasteiger partial charge < -0.3 is 11.5 Å². The minimum Gasteiger partial charge on any atom is -1.00 e. The average molecular weight is 173 g/mol. The van der Waals surface area contributed by atoms with Crippen LogP contribution in [0, 0.1) is 6.92 Å². The van der Waals surface area contributed by atoms with Crippen molar-refractivity contribution in [3.8, 4) is 0 Å². The molecule has 0 saturated heterocycles. The third-order valence-corrected chi connectivity index (χ3v) is 1.29. The molecule has 1 rings (SSSR count). The van der Waals surface area contributed by atoms with Gasteiger partial charge in [-0.05, 0) is 13.8 Å². The zero-order valence-corrected chi connectivity index (χ0v) is 8.79. The van der Waals surface area contributed by atoms with Crippen molar-refractivity contribution in [3.05, 3.63) is 35.1 Å². The van der Waals surface area contributed by atoms with Crippen molar-refractivity contribution >= 4 is 34.6 Å². The first-order valence-corrected chi connectivity index (χ1v) is 3.47. The number of hydrogen-bond donors (Lipinski definition) is 0. The van der Waals surface area contributed by atoms with Crippen LogP contribution in [0.5, 0.6) is 0 Å². The zero-order valence-electron chi connectivity index (χ0n) is 8.37. The summed E-state index contributed by atoms with van der Waals surface area (Å²) in [6, 6.07) is 7.55. The molecule has 0 atom stereocenters. The Labute approximate surface area is 90.0 Å². The fourth-order valence-electron chi connectivity index (χ4n) is 0.879. The molecule has 0 saturated carbocycles. The predicted octanol–water partition coefficient (Wildman–Crippen LogP) is 2.28. The minimum atomic E-state index is -0.157. The SMILES string of the molecule is CC(=O)[N-]c1cccc(C)c1.[H-].[Mg+2]. The third kappa shape index (κ3) is 3.73. The standard InChI is InChI=1S/C9H11NO.Mg.H/c1-7-4-3-5-9(6-7)10-8(2)11;;/h3-6H,1-2H3,(H,10,11);;/q;+2;-1/p-1. The summed E-state index contributed by atoms with van der Waals surface area (Å²) in [5.74, 6) is -0.157. The summed E-state index contributed by atoms with van der Waals surface area (Å²) in [5, 5.41) is 3.78. The van der Waals surface area contributed by atoms with Crippen LogP contribution in [-0.2, 0) is 4.79 Å². The van der Waals surface area contributed by atoms with Crippen molar-refractivity contribution in [1.82, 2.24) is 0 Å². The van der Waals surface area contributed by atoms with Crippen LogP contribution < -0.4 is 0 Å². The van der Waals surface area contributed by atoms with Gasteiger partial charge in [0.05, 0.1) is 5.91 Å². The van der Waals surface area contributed by atoms with Crippen LogP contribution in [0.1, 0.15) is 13.9 Å². The molecule has 1 amide bonds. The van der Waals surface area contributed by atoms with E-state index in [0.29, 0.717) is 0 Å². The van der Waals surface area contributed by atoms with E-state index in [1.807, 2.05) is 31.2 Å². The van der Waals surface area contributed by atoms with E-state index in [1.54, 1.807) is 0 Å². The smallest absolute Gasteiger partial charge is 1.00 e. The normalized spacial score (nSPS) is 8.50. The van der Waals surface area contributed by atoms with Gasteiger partial charge in [-0.15, -0.1) is 5.69 Å². The van der Waals surface area contributed by atoms with Gasteiger partial charge >= 0.3 is 23.1 Å². The molecule has 3 heteroatoms. The predicted molar refractivity (Wildman–Crippen MR) is 51.7 cm³/mol. The Kier molecular flexibility index (Phi) is 4.93. The fraction of sp³-hybridized carbons (Fsp3) is 0.222. The van der Waals surface area contributed by atoms with E-state index in [4.69, 9.17) is 0 Å². The molecule has 0 aliphatic heterocycles. The van der Waals surface area contributed by atoms with E-state index in [1.165, 1.54) is 6.92 Å². The summed E-state index contributed by atoms with van der Waals surface area (Å²) in [5.41, 5.74) is 1.85. The van der Waals surface area contributed by atoms with Crippen LogP contribution in [0.4, 0.5) is 5.69 Å². The van der Waals surface area contributed by atoms with Gasteiger partial charge in [0.15, 0.2) is 0 Å². The molecule has 0 N–H and O–H groups in total. The van der Waals surface area contributed by atoms with Crippen molar-refractivity contribution < 1.29 is 6.22 Å². The molecule has 1 aromatic rings. The summed E-state index contributed by atoms with van der Waals surface area (Å²) < 4.78 is 0. The topological polar surface area (TPSA) is 31.2 Å². The first kappa shape index (κ1) is 11.5. The van der Waals surface area contributed by atoms with Gasteiger partial charge in [0.1, 0.15) is 0 Å². The number of benzene rings is 1. The number of nitrogens with zero attached hydrogens (tertiary/aromatic N) is 1. The van der Waals surface area contributed by atoms with Crippen LogP contribution >= 0.6 is 0 Å². The van der Waals surface area contributed by atoms with E-state index in [9.17, 15) is 4.79 Å². The van der Waals surface area contributed by atoms with Gasteiger partial charge in [0.2, 0.25) is 0 Å². The molecule has 0 spiro atoms. The van der Waals surface area contributed by atoms with E-state index >= 15 is 0 Å². The van der Waals surface area contributed by atoms with Gasteiger partial charge in [0, 0.05) is 0 Å². The minimum absolute atomic E-state index is 0. The van der Waals surface area contributed by atoms with Crippen molar-refractivity contribution in [3.63, 3.8) is 0 Å². The second kappa shape index (κ2) is 5.16.